The van der Waals surface area contributed by atoms with Crippen LogP contribution >= 0.6 is 0 Å². The second-order valence-corrected chi connectivity index (χ2v) is 3.74. The Labute approximate surface area is 97.6 Å². The maximum absolute atomic E-state index is 11.8. The Balaban J connectivity index is 2.28. The number of rotatable bonds is 1. The molecule has 0 saturated carbocycles. The molecule has 0 unspecified atom stereocenters. The van der Waals surface area contributed by atoms with E-state index in [0.29, 0.717) is 11.4 Å². The minimum Gasteiger partial charge on any atom is -0.486 e. The fourth-order valence-corrected chi connectivity index (χ4v) is 1.68. The summed E-state index contributed by atoms with van der Waals surface area (Å²) in [4.78, 5) is 22.4. The molecule has 0 spiro atoms. The van der Waals surface area contributed by atoms with Crippen molar-refractivity contribution in [1.82, 2.24) is 5.32 Å². The number of carbonyl (C=O) groups excluding carboxylic acids is 1. The second-order valence-electron chi connectivity index (χ2n) is 3.74. The molecule has 1 aliphatic heterocycles. The molecular formula is C11H12N2O4. The van der Waals surface area contributed by atoms with Crippen LogP contribution in [0.1, 0.15) is 6.92 Å². The van der Waals surface area contributed by atoms with Crippen LogP contribution in [0.15, 0.2) is 24.3 Å². The van der Waals surface area contributed by atoms with Gasteiger partial charge in [0.05, 0.1) is 5.69 Å². The van der Waals surface area contributed by atoms with Crippen LogP contribution in [0.5, 0.6) is 5.75 Å². The van der Waals surface area contributed by atoms with Crippen molar-refractivity contribution in [2.75, 3.05) is 5.32 Å². The van der Waals surface area contributed by atoms with Gasteiger partial charge in [0.25, 0.3) is 5.91 Å². The zero-order valence-corrected chi connectivity index (χ0v) is 9.14. The quantitative estimate of drug-likeness (QED) is 0.679. The van der Waals surface area contributed by atoms with E-state index in [1.54, 1.807) is 31.2 Å². The predicted molar refractivity (Wildman–Crippen MR) is 60.1 cm³/mol. The van der Waals surface area contributed by atoms with E-state index in [9.17, 15) is 9.59 Å². The van der Waals surface area contributed by atoms with E-state index in [-0.39, 0.29) is 0 Å². The van der Waals surface area contributed by atoms with Gasteiger partial charge in [0.2, 0.25) is 0 Å². The van der Waals surface area contributed by atoms with E-state index >= 15 is 0 Å². The van der Waals surface area contributed by atoms with Crippen molar-refractivity contribution in [2.24, 2.45) is 0 Å². The molecule has 3 N–H and O–H groups in total. The largest absolute Gasteiger partial charge is 0.486 e. The highest BCUT2D eigenvalue weighted by Gasteiger charge is 2.32. The average Bonchev–Trinajstić information content (AvgIpc) is 2.38. The molecule has 2 atom stereocenters. The maximum Gasteiger partial charge on any atom is 0.405 e. The summed E-state index contributed by atoms with van der Waals surface area (Å²) in [6.45, 7) is 1.64. The third kappa shape index (κ3) is 2.30. The van der Waals surface area contributed by atoms with E-state index in [0.717, 1.165) is 0 Å². The zero-order valence-electron chi connectivity index (χ0n) is 9.14. The molecule has 0 radical (unpaired) electrons. The van der Waals surface area contributed by atoms with Gasteiger partial charge >= 0.3 is 6.09 Å². The summed E-state index contributed by atoms with van der Waals surface area (Å²) in [5, 5.41) is 13.4. The average molecular weight is 236 g/mol. The van der Waals surface area contributed by atoms with Gasteiger partial charge in [-0.3, -0.25) is 4.79 Å². The Bertz CT molecular complexity index is 461. The number of nitrogens with one attached hydrogen (secondary N) is 2. The summed E-state index contributed by atoms with van der Waals surface area (Å²) < 4.78 is 5.53. The Morgan fingerprint density at radius 3 is 2.88 bits per heavy atom. The van der Waals surface area contributed by atoms with Gasteiger partial charge in [0, 0.05) is 0 Å². The van der Waals surface area contributed by atoms with Crippen molar-refractivity contribution in [2.45, 2.75) is 19.1 Å². The lowest BCUT2D eigenvalue weighted by molar-refractivity contribution is -0.119. The zero-order chi connectivity index (χ0) is 12.4. The van der Waals surface area contributed by atoms with Crippen LogP contribution in [-0.4, -0.2) is 29.3 Å². The van der Waals surface area contributed by atoms with Gasteiger partial charge in [0.15, 0.2) is 0 Å². The molecule has 1 aliphatic rings. The van der Waals surface area contributed by atoms with Crippen LogP contribution in [0, 0.1) is 0 Å². The topological polar surface area (TPSA) is 87.7 Å². The van der Waals surface area contributed by atoms with Gasteiger partial charge < -0.3 is 20.5 Å². The van der Waals surface area contributed by atoms with Gasteiger partial charge in [-0.2, -0.15) is 0 Å². The van der Waals surface area contributed by atoms with Gasteiger partial charge in [-0.25, -0.2) is 4.79 Å². The maximum atomic E-state index is 11.8. The second kappa shape index (κ2) is 4.32. The van der Waals surface area contributed by atoms with Crippen LogP contribution < -0.4 is 15.4 Å². The number of amides is 2. The smallest absolute Gasteiger partial charge is 0.405 e. The third-order valence-electron chi connectivity index (χ3n) is 2.49. The Morgan fingerprint density at radius 1 is 1.47 bits per heavy atom. The molecule has 2 amide bonds. The number of carbonyl (C=O) groups is 2. The van der Waals surface area contributed by atoms with Gasteiger partial charge in [-0.15, -0.1) is 0 Å². The van der Waals surface area contributed by atoms with Crippen LogP contribution in [0.4, 0.5) is 10.5 Å². The van der Waals surface area contributed by atoms with Crippen LogP contribution in [0.3, 0.4) is 0 Å². The number of fused-ring (bicyclic) bond motifs is 1. The number of ether oxygens (including phenoxy) is 1. The van der Waals surface area contributed by atoms with Crippen molar-refractivity contribution in [3.8, 4) is 5.75 Å². The first kappa shape index (κ1) is 11.3. The molecule has 0 bridgehead atoms. The Hall–Kier alpha value is -2.24. The number of benzene rings is 1. The van der Waals surface area contributed by atoms with E-state index < -0.39 is 24.1 Å². The monoisotopic (exact) mass is 236 g/mol. The van der Waals surface area contributed by atoms with Gasteiger partial charge in [0.1, 0.15) is 17.9 Å². The summed E-state index contributed by atoms with van der Waals surface area (Å²) in [6, 6.07) is 6.03. The first-order valence-corrected chi connectivity index (χ1v) is 5.14. The standard InChI is InChI=1S/C11H12N2O4/c1-6-9(13-11(15)16)10(14)12-7-4-2-3-5-8(7)17-6/h2-6,9,13H,1H3,(H,12,14)(H,15,16)/t6-,9+/m1/s1. The van der Waals surface area contributed by atoms with E-state index in [1.165, 1.54) is 0 Å². The lowest BCUT2D eigenvalue weighted by atomic mass is 10.2. The van der Waals surface area contributed by atoms with Crippen molar-refractivity contribution < 1.29 is 19.4 Å². The summed E-state index contributed by atoms with van der Waals surface area (Å²) in [5.74, 6) is 0.105. The lowest BCUT2D eigenvalue weighted by Crippen LogP contribution is -2.50. The fraction of sp³-hybridized carbons (Fsp3) is 0.273. The molecule has 2 rings (SSSR count). The highest BCUT2D eigenvalue weighted by atomic mass is 16.5. The normalized spacial score (nSPS) is 22.8. The predicted octanol–water partition coefficient (Wildman–Crippen LogP) is 1.04. The first-order valence-electron chi connectivity index (χ1n) is 5.14. The number of carboxylic acid groups (broad SMARTS) is 1. The van der Waals surface area contributed by atoms with Crippen molar-refractivity contribution in [1.29, 1.82) is 0 Å². The summed E-state index contributed by atoms with van der Waals surface area (Å²) >= 11 is 0. The summed E-state index contributed by atoms with van der Waals surface area (Å²) in [7, 11) is 0. The summed E-state index contributed by atoms with van der Waals surface area (Å²) in [5.41, 5.74) is 0.541. The minimum atomic E-state index is -1.26. The van der Waals surface area contributed by atoms with Crippen molar-refractivity contribution in [3.05, 3.63) is 24.3 Å². The minimum absolute atomic E-state index is 0.426. The van der Waals surface area contributed by atoms with Crippen LogP contribution in [0.2, 0.25) is 0 Å². The number of para-hydroxylation sites is 2. The molecule has 0 saturated heterocycles. The molecule has 6 nitrogen and oxygen atoms in total. The molecule has 0 aliphatic carbocycles. The molecule has 1 aromatic carbocycles. The number of anilines is 1. The molecule has 6 heteroatoms. The van der Waals surface area contributed by atoms with E-state index in [2.05, 4.69) is 10.6 Å². The molecular weight excluding hydrogens is 224 g/mol. The highest BCUT2D eigenvalue weighted by molar-refractivity contribution is 5.98. The summed E-state index contributed by atoms with van der Waals surface area (Å²) in [6.07, 6.45) is -1.83. The van der Waals surface area contributed by atoms with Crippen LogP contribution in [0.25, 0.3) is 0 Å². The van der Waals surface area contributed by atoms with Crippen LogP contribution in [-0.2, 0) is 4.79 Å². The molecule has 1 heterocycles. The third-order valence-corrected chi connectivity index (χ3v) is 2.49. The SMILES string of the molecule is C[C@H]1Oc2ccccc2NC(=O)[C@H]1NC(=O)O. The lowest BCUT2D eigenvalue weighted by Gasteiger charge is -2.19. The van der Waals surface area contributed by atoms with E-state index in [1.807, 2.05) is 0 Å². The van der Waals surface area contributed by atoms with E-state index in [4.69, 9.17) is 9.84 Å². The fourth-order valence-electron chi connectivity index (χ4n) is 1.68. The number of hydrogen-bond donors (Lipinski definition) is 3. The van der Waals surface area contributed by atoms with Gasteiger partial charge in [-0.05, 0) is 19.1 Å². The van der Waals surface area contributed by atoms with Gasteiger partial charge in [-0.1, -0.05) is 12.1 Å². The molecule has 0 aromatic heterocycles. The Morgan fingerprint density at radius 2 is 2.18 bits per heavy atom. The molecule has 17 heavy (non-hydrogen) atoms. The molecule has 1 aromatic rings. The Kier molecular flexibility index (Phi) is 2.86. The highest BCUT2D eigenvalue weighted by Crippen LogP contribution is 2.28. The number of hydrogen-bond acceptors (Lipinski definition) is 3. The first-order chi connectivity index (χ1) is 8.08. The molecule has 90 valence electrons. The molecule has 0 fully saturated rings. The van der Waals surface area contributed by atoms with Crippen molar-refractivity contribution in [3.63, 3.8) is 0 Å². The van der Waals surface area contributed by atoms with Crippen molar-refractivity contribution >= 4 is 17.7 Å².